The van der Waals surface area contributed by atoms with Crippen LogP contribution in [0.25, 0.3) is 0 Å². The first-order chi connectivity index (χ1) is 22.0. The van der Waals surface area contributed by atoms with Gasteiger partial charge in [0.15, 0.2) is 0 Å². The molecular weight excluding hydrogens is 576 g/mol. The smallest absolute Gasteiger partial charge is 0.329 e. The molecule has 0 bridgehead atoms. The zero-order valence-electron chi connectivity index (χ0n) is 26.8. The molecule has 2 atom stereocenters. The monoisotopic (exact) mass is 624 g/mol. The molecule has 10 nitrogen and oxygen atoms in total. The number of hydrogen-bond acceptors (Lipinski definition) is 8. The van der Waals surface area contributed by atoms with Gasteiger partial charge in [-0.3, -0.25) is 14.4 Å². The maximum absolute atomic E-state index is 13.1. The Labute approximate surface area is 267 Å². The van der Waals surface area contributed by atoms with Crippen LogP contribution in [0.4, 0.5) is 0 Å². The van der Waals surface area contributed by atoms with Gasteiger partial charge in [-0.1, -0.05) is 74.5 Å². The Kier molecular flexibility index (Phi) is 18.4. The van der Waals surface area contributed by atoms with Crippen molar-refractivity contribution in [1.29, 1.82) is 0 Å². The lowest BCUT2D eigenvalue weighted by molar-refractivity contribution is -0.154. The molecule has 246 valence electrons. The van der Waals surface area contributed by atoms with E-state index in [0.717, 1.165) is 11.3 Å². The van der Waals surface area contributed by atoms with Gasteiger partial charge in [0.2, 0.25) is 11.8 Å². The number of ether oxygens (including phenoxy) is 4. The van der Waals surface area contributed by atoms with E-state index >= 15 is 0 Å². The van der Waals surface area contributed by atoms with E-state index in [-0.39, 0.29) is 43.3 Å². The number of hydrogen-bond donors (Lipinski definition) is 1. The summed E-state index contributed by atoms with van der Waals surface area (Å²) in [5.41, 5.74) is 0.852. The fourth-order valence-corrected chi connectivity index (χ4v) is 4.59. The van der Waals surface area contributed by atoms with Crippen molar-refractivity contribution in [1.82, 2.24) is 10.2 Å². The second-order valence-corrected chi connectivity index (χ2v) is 10.2. The molecule has 0 radical (unpaired) electrons. The second kappa shape index (κ2) is 22.3. The molecule has 1 saturated heterocycles. The number of carbonyl (C=O) groups is 4. The summed E-state index contributed by atoms with van der Waals surface area (Å²) in [4.78, 5) is 51.4. The van der Waals surface area contributed by atoms with Crippen LogP contribution in [0.5, 0.6) is 5.75 Å². The Balaban J connectivity index is 0.00000345. The van der Waals surface area contributed by atoms with Gasteiger partial charge < -0.3 is 29.2 Å². The minimum Gasteiger partial charge on any atom is -0.494 e. The predicted octanol–water partition coefficient (Wildman–Crippen LogP) is 4.86. The summed E-state index contributed by atoms with van der Waals surface area (Å²) in [6.45, 7) is 7.43. The first-order valence-corrected chi connectivity index (χ1v) is 15.8. The number of allylic oxidation sites excluding steroid dienone is 1. The second-order valence-electron chi connectivity index (χ2n) is 10.2. The number of carbonyl (C=O) groups excluding carboxylic acids is 4. The van der Waals surface area contributed by atoms with Crippen molar-refractivity contribution < 1.29 is 38.1 Å². The van der Waals surface area contributed by atoms with Crippen molar-refractivity contribution in [2.75, 3.05) is 39.5 Å². The van der Waals surface area contributed by atoms with Crippen LogP contribution in [0, 0.1) is 5.92 Å². The first kappa shape index (κ1) is 37.0. The molecule has 2 amide bonds. The van der Waals surface area contributed by atoms with Crippen LogP contribution >= 0.6 is 0 Å². The van der Waals surface area contributed by atoms with Gasteiger partial charge in [-0.25, -0.2) is 4.79 Å². The van der Waals surface area contributed by atoms with Gasteiger partial charge in [-0.05, 0) is 43.9 Å². The van der Waals surface area contributed by atoms with E-state index < -0.39 is 12.0 Å². The Morgan fingerprint density at radius 2 is 1.64 bits per heavy atom. The molecule has 1 N–H and O–H groups in total. The van der Waals surface area contributed by atoms with Crippen LogP contribution in [0.15, 0.2) is 72.8 Å². The quantitative estimate of drug-likeness (QED) is 0.142. The standard InChI is InChI=1S/C33H42N2O8.C2H6/c1-2-41-32(38)18-10-5-11-19-40-24-27-21-29(33(39)43-25-26-13-6-3-7-14-26)35(23-27)31(37)22-34-30(36)17-12-20-42-28-15-8-4-9-16-28;1-2/h3-9,11,13-16,27,29H,2,10,12,17-25H2,1H3,(H,34,36);1-2H3/b11-5+;. The van der Waals surface area contributed by atoms with Gasteiger partial charge in [0.05, 0.1) is 33.0 Å². The third kappa shape index (κ3) is 14.9. The lowest BCUT2D eigenvalue weighted by Crippen LogP contribution is -2.46. The maximum atomic E-state index is 13.1. The highest BCUT2D eigenvalue weighted by Gasteiger charge is 2.40. The summed E-state index contributed by atoms with van der Waals surface area (Å²) in [5, 5.41) is 2.67. The normalized spacial score (nSPS) is 15.6. The van der Waals surface area contributed by atoms with Gasteiger partial charge in [0.1, 0.15) is 18.4 Å². The summed E-state index contributed by atoms with van der Waals surface area (Å²) in [7, 11) is 0. The molecule has 0 spiro atoms. The zero-order valence-corrected chi connectivity index (χ0v) is 26.8. The number of rotatable bonds is 18. The van der Waals surface area contributed by atoms with Crippen LogP contribution in [-0.2, 0) is 40.0 Å². The summed E-state index contributed by atoms with van der Waals surface area (Å²) in [6.07, 6.45) is 5.70. The highest BCUT2D eigenvalue weighted by molar-refractivity contribution is 5.89. The van der Waals surface area contributed by atoms with Crippen LogP contribution < -0.4 is 10.1 Å². The van der Waals surface area contributed by atoms with Crippen molar-refractivity contribution >= 4 is 23.8 Å². The fourth-order valence-electron chi connectivity index (χ4n) is 4.59. The van der Waals surface area contributed by atoms with Crippen molar-refractivity contribution in [2.45, 2.75) is 65.5 Å². The number of benzene rings is 2. The van der Waals surface area contributed by atoms with E-state index in [9.17, 15) is 19.2 Å². The number of likely N-dealkylation sites (tertiary alicyclic amines) is 1. The van der Waals surface area contributed by atoms with E-state index in [4.69, 9.17) is 18.9 Å². The topological polar surface area (TPSA) is 120 Å². The first-order valence-electron chi connectivity index (χ1n) is 15.8. The van der Waals surface area contributed by atoms with Gasteiger partial charge in [0, 0.05) is 25.3 Å². The van der Waals surface area contributed by atoms with E-state index in [2.05, 4.69) is 5.32 Å². The van der Waals surface area contributed by atoms with Gasteiger partial charge in [-0.15, -0.1) is 0 Å². The van der Waals surface area contributed by atoms with E-state index in [1.54, 1.807) is 6.92 Å². The number of nitrogens with zero attached hydrogens (tertiary/aromatic N) is 1. The maximum Gasteiger partial charge on any atom is 0.329 e. The van der Waals surface area contributed by atoms with Crippen LogP contribution in [0.1, 0.15) is 58.4 Å². The molecule has 10 heteroatoms. The average molecular weight is 625 g/mol. The minimum atomic E-state index is -0.763. The molecule has 45 heavy (non-hydrogen) atoms. The molecule has 2 unspecified atom stereocenters. The third-order valence-electron chi connectivity index (χ3n) is 6.76. The predicted molar refractivity (Wildman–Crippen MR) is 171 cm³/mol. The summed E-state index contributed by atoms with van der Waals surface area (Å²) in [5.74, 6) is -0.665. The van der Waals surface area contributed by atoms with Crippen LogP contribution in [0.2, 0.25) is 0 Å². The fraction of sp³-hybridized carbons (Fsp3) is 0.486. The highest BCUT2D eigenvalue weighted by Crippen LogP contribution is 2.25. The molecule has 3 rings (SSSR count). The van der Waals surface area contributed by atoms with E-state index in [0.29, 0.717) is 58.7 Å². The lowest BCUT2D eigenvalue weighted by atomic mass is 10.1. The molecule has 1 heterocycles. The molecule has 0 saturated carbocycles. The molecule has 1 fully saturated rings. The van der Waals surface area contributed by atoms with Crippen molar-refractivity contribution in [3.8, 4) is 5.75 Å². The van der Waals surface area contributed by atoms with Gasteiger partial charge >= 0.3 is 11.9 Å². The molecule has 2 aromatic carbocycles. The van der Waals surface area contributed by atoms with E-state index in [1.165, 1.54) is 4.90 Å². The van der Waals surface area contributed by atoms with Crippen molar-refractivity contribution in [3.05, 3.63) is 78.4 Å². The summed E-state index contributed by atoms with van der Waals surface area (Å²) < 4.78 is 21.8. The molecule has 0 aliphatic carbocycles. The number of amides is 2. The third-order valence-corrected chi connectivity index (χ3v) is 6.76. The number of para-hydroxylation sites is 1. The summed E-state index contributed by atoms with van der Waals surface area (Å²) >= 11 is 0. The molecular formula is C35H48N2O8. The van der Waals surface area contributed by atoms with Crippen molar-refractivity contribution in [3.63, 3.8) is 0 Å². The number of esters is 2. The molecule has 2 aromatic rings. The Morgan fingerprint density at radius 3 is 2.36 bits per heavy atom. The van der Waals surface area contributed by atoms with Crippen molar-refractivity contribution in [2.24, 2.45) is 5.92 Å². The largest absolute Gasteiger partial charge is 0.494 e. The SMILES string of the molecule is CC.CCOC(=O)CC/C=C/COCC1CC(C(=O)OCc2ccccc2)N(C(=O)CNC(=O)CCCOc2ccccc2)C1. The van der Waals surface area contributed by atoms with Crippen LogP contribution in [-0.4, -0.2) is 74.2 Å². The molecule has 1 aliphatic rings. The zero-order chi connectivity index (χ0) is 32.7. The van der Waals surface area contributed by atoms with Gasteiger partial charge in [-0.2, -0.15) is 0 Å². The molecule has 1 aliphatic heterocycles. The Morgan fingerprint density at radius 1 is 0.933 bits per heavy atom. The Hall–Kier alpha value is -4.18. The van der Waals surface area contributed by atoms with Crippen LogP contribution in [0.3, 0.4) is 0 Å². The average Bonchev–Trinajstić information content (AvgIpc) is 3.50. The van der Waals surface area contributed by atoms with E-state index in [1.807, 2.05) is 86.7 Å². The minimum absolute atomic E-state index is 0.0722. The lowest BCUT2D eigenvalue weighted by Gasteiger charge is -2.23. The molecule has 0 aromatic heterocycles. The van der Waals surface area contributed by atoms with Gasteiger partial charge in [0.25, 0.3) is 0 Å². The summed E-state index contributed by atoms with van der Waals surface area (Å²) in [6, 6.07) is 17.9. The highest BCUT2D eigenvalue weighted by atomic mass is 16.5. The Bertz CT molecular complexity index is 1170. The number of nitrogens with one attached hydrogen (secondary N) is 1.